The van der Waals surface area contributed by atoms with Crippen molar-refractivity contribution in [2.24, 2.45) is 11.3 Å². The molecule has 0 amide bonds. The lowest BCUT2D eigenvalue weighted by Gasteiger charge is -2.35. The van der Waals surface area contributed by atoms with Crippen LogP contribution in [0, 0.1) is 11.3 Å². The molecule has 2 aliphatic carbocycles. The van der Waals surface area contributed by atoms with E-state index in [1.807, 2.05) is 6.92 Å². The Balaban J connectivity index is 2.29. The van der Waals surface area contributed by atoms with Gasteiger partial charge < -0.3 is 4.74 Å². The van der Waals surface area contributed by atoms with Crippen molar-refractivity contribution >= 4 is 12.3 Å². The fourth-order valence-electron chi connectivity index (χ4n) is 3.39. The van der Waals surface area contributed by atoms with E-state index in [1.54, 1.807) is 6.08 Å². The molecule has 3 atom stereocenters. The second-order valence-corrected chi connectivity index (χ2v) is 5.21. The van der Waals surface area contributed by atoms with Crippen molar-refractivity contribution in [3.05, 3.63) is 11.6 Å². The van der Waals surface area contributed by atoms with Crippen LogP contribution < -0.4 is 0 Å². The maximum atomic E-state index is 11.5. The van der Waals surface area contributed by atoms with Crippen LogP contribution in [-0.4, -0.2) is 18.4 Å². The van der Waals surface area contributed by atoms with E-state index < -0.39 is 0 Å². The average Bonchev–Trinajstić information content (AvgIpc) is 2.49. The molecule has 1 saturated carbocycles. The number of ether oxygens (including phenoxy) is 1. The van der Waals surface area contributed by atoms with Gasteiger partial charge in [-0.2, -0.15) is 0 Å². The van der Waals surface area contributed by atoms with Crippen molar-refractivity contribution in [2.75, 3.05) is 0 Å². The van der Waals surface area contributed by atoms with Crippen LogP contribution in [0.4, 0.5) is 0 Å². The third-order valence-corrected chi connectivity index (χ3v) is 4.32. The highest BCUT2D eigenvalue weighted by molar-refractivity contribution is 5.90. The van der Waals surface area contributed by atoms with Gasteiger partial charge in [0.25, 0.3) is 6.47 Å². The van der Waals surface area contributed by atoms with Crippen LogP contribution >= 0.6 is 0 Å². The van der Waals surface area contributed by atoms with Gasteiger partial charge in [0, 0.05) is 11.8 Å². The summed E-state index contributed by atoms with van der Waals surface area (Å²) in [6.07, 6.45) is 5.08. The van der Waals surface area contributed by atoms with E-state index in [4.69, 9.17) is 4.74 Å². The molecule has 2 unspecified atom stereocenters. The van der Waals surface area contributed by atoms with E-state index in [9.17, 15) is 9.59 Å². The van der Waals surface area contributed by atoms with Crippen LogP contribution in [0.1, 0.15) is 39.5 Å². The molecule has 0 N–H and O–H groups in total. The van der Waals surface area contributed by atoms with Gasteiger partial charge in [-0.3, -0.25) is 9.59 Å². The molecule has 1 fully saturated rings. The van der Waals surface area contributed by atoms with Gasteiger partial charge in [0.15, 0.2) is 5.78 Å². The third kappa shape index (κ3) is 1.68. The number of carbonyl (C=O) groups excluding carboxylic acids is 2. The molecule has 3 heteroatoms. The van der Waals surface area contributed by atoms with Crippen LogP contribution in [0.25, 0.3) is 0 Å². The summed E-state index contributed by atoms with van der Waals surface area (Å²) < 4.78 is 5.20. The Hall–Kier alpha value is -1.12. The molecule has 0 aromatic heterocycles. The van der Waals surface area contributed by atoms with Crippen molar-refractivity contribution in [2.45, 2.75) is 45.6 Å². The number of ketones is 1. The number of allylic oxidation sites excluding steroid dienone is 2. The van der Waals surface area contributed by atoms with E-state index in [0.717, 1.165) is 24.8 Å². The standard InChI is InChI=1S/C13H18O3/c1-9-7-10(15)5-6-13(2)11(9)3-4-12(13)16-8-14/h7-8,11-12H,3-6H2,1-2H3/t11?,12-,13?/m0/s1. The van der Waals surface area contributed by atoms with Gasteiger partial charge in [0.1, 0.15) is 6.10 Å². The lowest BCUT2D eigenvalue weighted by atomic mass is 9.73. The smallest absolute Gasteiger partial charge is 0.293 e. The zero-order valence-electron chi connectivity index (χ0n) is 9.86. The summed E-state index contributed by atoms with van der Waals surface area (Å²) in [5.41, 5.74) is 1.11. The van der Waals surface area contributed by atoms with Gasteiger partial charge in [-0.15, -0.1) is 0 Å². The SMILES string of the molecule is CC1=CC(=O)CCC2(C)C1CC[C@@H]2OC=O. The fraction of sp³-hybridized carbons (Fsp3) is 0.692. The Morgan fingerprint density at radius 3 is 2.94 bits per heavy atom. The van der Waals surface area contributed by atoms with Crippen molar-refractivity contribution in [3.63, 3.8) is 0 Å². The summed E-state index contributed by atoms with van der Waals surface area (Å²) >= 11 is 0. The lowest BCUT2D eigenvalue weighted by molar-refractivity contribution is -0.139. The Bertz CT molecular complexity index is 345. The first-order valence-corrected chi connectivity index (χ1v) is 5.88. The molecule has 0 bridgehead atoms. The highest BCUT2D eigenvalue weighted by Gasteiger charge is 2.49. The number of hydrogen-bond donors (Lipinski definition) is 0. The van der Waals surface area contributed by atoms with Gasteiger partial charge in [-0.05, 0) is 38.2 Å². The van der Waals surface area contributed by atoms with Crippen molar-refractivity contribution in [1.82, 2.24) is 0 Å². The molecular formula is C13H18O3. The molecule has 16 heavy (non-hydrogen) atoms. The van der Waals surface area contributed by atoms with E-state index >= 15 is 0 Å². The quantitative estimate of drug-likeness (QED) is 0.673. The summed E-state index contributed by atoms with van der Waals surface area (Å²) in [4.78, 5) is 22.1. The molecule has 2 rings (SSSR count). The summed E-state index contributed by atoms with van der Waals surface area (Å²) in [5, 5.41) is 0. The Morgan fingerprint density at radius 1 is 1.50 bits per heavy atom. The minimum atomic E-state index is -0.0480. The van der Waals surface area contributed by atoms with Gasteiger partial charge in [-0.1, -0.05) is 12.5 Å². The predicted octanol–water partition coefficient (Wildman–Crippen LogP) is 2.25. The highest BCUT2D eigenvalue weighted by atomic mass is 16.5. The second kappa shape index (κ2) is 4.04. The first kappa shape index (κ1) is 11.4. The number of carbonyl (C=O) groups is 2. The molecular weight excluding hydrogens is 204 g/mol. The molecule has 0 aliphatic heterocycles. The Kier molecular flexibility index (Phi) is 2.87. The minimum absolute atomic E-state index is 0.0238. The monoisotopic (exact) mass is 222 g/mol. The Labute approximate surface area is 95.9 Å². The summed E-state index contributed by atoms with van der Waals surface area (Å²) in [5.74, 6) is 0.599. The van der Waals surface area contributed by atoms with Crippen molar-refractivity contribution < 1.29 is 14.3 Å². The Morgan fingerprint density at radius 2 is 2.25 bits per heavy atom. The van der Waals surface area contributed by atoms with Crippen LogP contribution in [-0.2, 0) is 14.3 Å². The molecule has 88 valence electrons. The highest BCUT2D eigenvalue weighted by Crippen LogP contribution is 2.52. The molecule has 2 aliphatic rings. The fourth-order valence-corrected chi connectivity index (χ4v) is 3.39. The van der Waals surface area contributed by atoms with E-state index in [1.165, 1.54) is 0 Å². The van der Waals surface area contributed by atoms with Gasteiger partial charge in [-0.25, -0.2) is 0 Å². The number of fused-ring (bicyclic) bond motifs is 1. The predicted molar refractivity (Wildman–Crippen MR) is 59.8 cm³/mol. The molecule has 0 saturated heterocycles. The van der Waals surface area contributed by atoms with Gasteiger partial charge in [0.2, 0.25) is 0 Å². The zero-order valence-corrected chi connectivity index (χ0v) is 9.86. The molecule has 0 radical (unpaired) electrons. The van der Waals surface area contributed by atoms with Crippen LogP contribution in [0.5, 0.6) is 0 Å². The maximum absolute atomic E-state index is 11.5. The maximum Gasteiger partial charge on any atom is 0.293 e. The van der Waals surface area contributed by atoms with Crippen LogP contribution in [0.3, 0.4) is 0 Å². The van der Waals surface area contributed by atoms with Gasteiger partial charge in [0.05, 0.1) is 0 Å². The molecule has 0 aromatic carbocycles. The molecule has 0 spiro atoms. The van der Waals surface area contributed by atoms with Crippen molar-refractivity contribution in [1.29, 1.82) is 0 Å². The summed E-state index contributed by atoms with van der Waals surface area (Å²) in [6.45, 7) is 4.72. The second-order valence-electron chi connectivity index (χ2n) is 5.21. The molecule has 0 aromatic rings. The first-order chi connectivity index (χ1) is 7.58. The minimum Gasteiger partial charge on any atom is -0.464 e. The summed E-state index contributed by atoms with van der Waals surface area (Å²) in [7, 11) is 0. The van der Waals surface area contributed by atoms with E-state index in [2.05, 4.69) is 6.92 Å². The normalized spacial score (nSPS) is 38.6. The largest absolute Gasteiger partial charge is 0.464 e. The average molecular weight is 222 g/mol. The van der Waals surface area contributed by atoms with E-state index in [0.29, 0.717) is 18.8 Å². The van der Waals surface area contributed by atoms with Crippen molar-refractivity contribution in [3.8, 4) is 0 Å². The third-order valence-electron chi connectivity index (χ3n) is 4.32. The van der Waals surface area contributed by atoms with Gasteiger partial charge >= 0.3 is 0 Å². The van der Waals surface area contributed by atoms with Crippen LogP contribution in [0.2, 0.25) is 0 Å². The first-order valence-electron chi connectivity index (χ1n) is 5.88. The van der Waals surface area contributed by atoms with Crippen LogP contribution in [0.15, 0.2) is 11.6 Å². The summed E-state index contributed by atoms with van der Waals surface area (Å²) in [6, 6.07) is 0. The topological polar surface area (TPSA) is 43.4 Å². The van der Waals surface area contributed by atoms with E-state index in [-0.39, 0.29) is 17.3 Å². The number of hydrogen-bond acceptors (Lipinski definition) is 3. The zero-order chi connectivity index (χ0) is 11.8. The molecule has 3 nitrogen and oxygen atoms in total. The lowest BCUT2D eigenvalue weighted by Crippen LogP contribution is -2.34. The number of rotatable bonds is 2. The molecule has 0 heterocycles.